The molecule has 2 aromatic rings. The molecule has 2 N–H and O–H groups in total. The van der Waals surface area contributed by atoms with Crippen LogP contribution in [-0.4, -0.2) is 49.2 Å². The van der Waals surface area contributed by atoms with E-state index in [0.29, 0.717) is 19.4 Å². The third-order valence-electron chi connectivity index (χ3n) is 5.74. The smallest absolute Gasteiger partial charge is 0.270 e. The summed E-state index contributed by atoms with van der Waals surface area (Å²) in [6.07, 6.45) is 3.35. The van der Waals surface area contributed by atoms with Crippen molar-refractivity contribution in [1.82, 2.24) is 10.2 Å². The lowest BCUT2D eigenvalue weighted by Crippen LogP contribution is -2.46. The number of para-hydroxylation sites is 1. The molecule has 2 amide bonds. The maximum absolute atomic E-state index is 13.3. The number of nitrogens with zero attached hydrogens (tertiary/aromatic N) is 2. The van der Waals surface area contributed by atoms with E-state index in [1.807, 2.05) is 0 Å². The van der Waals surface area contributed by atoms with E-state index in [1.165, 1.54) is 30.3 Å². The van der Waals surface area contributed by atoms with E-state index in [-0.39, 0.29) is 52.2 Å². The van der Waals surface area contributed by atoms with Crippen LogP contribution in [0.25, 0.3) is 0 Å². The molecule has 11 heteroatoms. The Morgan fingerprint density at radius 1 is 1.06 bits per heavy atom. The van der Waals surface area contributed by atoms with Gasteiger partial charge in [-0.3, -0.25) is 24.4 Å². The van der Waals surface area contributed by atoms with Crippen LogP contribution in [0.2, 0.25) is 0 Å². The van der Waals surface area contributed by atoms with Crippen LogP contribution in [0.4, 0.5) is 11.4 Å². The van der Waals surface area contributed by atoms with E-state index in [2.05, 4.69) is 10.0 Å². The summed E-state index contributed by atoms with van der Waals surface area (Å²) in [5, 5.41) is 14.0. The fraction of sp³-hybridized carbons (Fsp3) is 0.364. The van der Waals surface area contributed by atoms with Gasteiger partial charge in [-0.25, -0.2) is 8.42 Å². The predicted octanol–water partition coefficient (Wildman–Crippen LogP) is 2.53. The SMILES string of the molecule is O=C(NC1CC1)C1CCCN(C(=O)c2ccccc2NS(=O)(=O)c2cccc([N+](=O)[O-])c2)C1. The molecule has 1 aliphatic heterocycles. The van der Waals surface area contributed by atoms with Gasteiger partial charge in [-0.1, -0.05) is 18.2 Å². The third kappa shape index (κ3) is 5.30. The molecule has 2 aromatic carbocycles. The number of nitro groups is 1. The van der Waals surface area contributed by atoms with Gasteiger partial charge in [-0.15, -0.1) is 0 Å². The van der Waals surface area contributed by atoms with Crippen molar-refractivity contribution in [1.29, 1.82) is 0 Å². The van der Waals surface area contributed by atoms with E-state index in [1.54, 1.807) is 17.0 Å². The summed E-state index contributed by atoms with van der Waals surface area (Å²) in [4.78, 5) is 37.3. The second-order valence-electron chi connectivity index (χ2n) is 8.28. The summed E-state index contributed by atoms with van der Waals surface area (Å²) in [7, 11) is -4.18. The first-order valence-electron chi connectivity index (χ1n) is 10.7. The first-order chi connectivity index (χ1) is 15.7. The van der Waals surface area contributed by atoms with Gasteiger partial charge in [-0.05, 0) is 43.9 Å². The molecule has 0 spiro atoms. The summed E-state index contributed by atoms with van der Waals surface area (Å²) in [6.45, 7) is 0.737. The Labute approximate surface area is 191 Å². The van der Waals surface area contributed by atoms with Crippen molar-refractivity contribution in [3.8, 4) is 0 Å². The number of piperidine rings is 1. The number of likely N-dealkylation sites (tertiary alicyclic amines) is 1. The zero-order chi connectivity index (χ0) is 23.6. The van der Waals surface area contributed by atoms with E-state index >= 15 is 0 Å². The first-order valence-corrected chi connectivity index (χ1v) is 12.2. The molecular formula is C22H24N4O6S. The number of sulfonamides is 1. The Morgan fingerprint density at radius 3 is 2.55 bits per heavy atom. The molecule has 33 heavy (non-hydrogen) atoms. The molecule has 0 bridgehead atoms. The van der Waals surface area contributed by atoms with Crippen LogP contribution in [0, 0.1) is 16.0 Å². The topological polar surface area (TPSA) is 139 Å². The maximum atomic E-state index is 13.3. The van der Waals surface area contributed by atoms with Crippen LogP contribution >= 0.6 is 0 Å². The monoisotopic (exact) mass is 472 g/mol. The Morgan fingerprint density at radius 2 is 1.82 bits per heavy atom. The van der Waals surface area contributed by atoms with Crippen molar-refractivity contribution in [3.05, 3.63) is 64.2 Å². The summed E-state index contributed by atoms with van der Waals surface area (Å²) < 4.78 is 28.1. The number of hydrogen-bond acceptors (Lipinski definition) is 6. The molecular weight excluding hydrogens is 448 g/mol. The zero-order valence-electron chi connectivity index (χ0n) is 17.8. The average molecular weight is 473 g/mol. The second-order valence-corrected chi connectivity index (χ2v) is 9.96. The van der Waals surface area contributed by atoms with Gasteiger partial charge in [-0.2, -0.15) is 0 Å². The number of hydrogen-bond donors (Lipinski definition) is 2. The first kappa shape index (κ1) is 22.7. The van der Waals surface area contributed by atoms with Gasteiger partial charge in [0, 0.05) is 31.3 Å². The highest BCUT2D eigenvalue weighted by atomic mass is 32.2. The molecule has 174 valence electrons. The van der Waals surface area contributed by atoms with Crippen molar-refractivity contribution in [2.75, 3.05) is 17.8 Å². The van der Waals surface area contributed by atoms with Gasteiger partial charge in [0.05, 0.1) is 27.0 Å². The molecule has 1 heterocycles. The maximum Gasteiger partial charge on any atom is 0.270 e. The number of rotatable bonds is 7. The molecule has 10 nitrogen and oxygen atoms in total. The number of benzene rings is 2. The van der Waals surface area contributed by atoms with Gasteiger partial charge in [0.15, 0.2) is 0 Å². The summed E-state index contributed by atoms with van der Waals surface area (Å²) in [5.74, 6) is -0.719. The Balaban J connectivity index is 1.53. The van der Waals surface area contributed by atoms with Crippen molar-refractivity contribution in [2.45, 2.75) is 36.6 Å². The highest BCUT2D eigenvalue weighted by Gasteiger charge is 2.33. The van der Waals surface area contributed by atoms with Gasteiger partial charge >= 0.3 is 0 Å². The zero-order valence-corrected chi connectivity index (χ0v) is 18.6. The molecule has 2 aliphatic rings. The molecule has 1 saturated carbocycles. The number of nitro benzene ring substituents is 1. The van der Waals surface area contributed by atoms with E-state index < -0.39 is 14.9 Å². The highest BCUT2D eigenvalue weighted by Crippen LogP contribution is 2.26. The van der Waals surface area contributed by atoms with Crippen LogP contribution in [-0.2, 0) is 14.8 Å². The summed E-state index contributed by atoms with van der Waals surface area (Å²) >= 11 is 0. The van der Waals surface area contributed by atoms with Crippen LogP contribution < -0.4 is 10.0 Å². The number of carbonyl (C=O) groups excluding carboxylic acids is 2. The van der Waals surface area contributed by atoms with Gasteiger partial charge < -0.3 is 10.2 Å². The number of non-ortho nitro benzene ring substituents is 1. The number of carbonyl (C=O) groups is 2. The average Bonchev–Trinajstić information content (AvgIpc) is 3.63. The highest BCUT2D eigenvalue weighted by molar-refractivity contribution is 7.92. The Bertz CT molecular complexity index is 1190. The molecule has 0 aromatic heterocycles. The lowest BCUT2D eigenvalue weighted by molar-refractivity contribution is -0.385. The Hall–Kier alpha value is -3.47. The van der Waals surface area contributed by atoms with E-state index in [4.69, 9.17) is 0 Å². The summed E-state index contributed by atoms with van der Waals surface area (Å²) in [5.41, 5.74) is -0.139. The predicted molar refractivity (Wildman–Crippen MR) is 120 cm³/mol. The van der Waals surface area contributed by atoms with Gasteiger partial charge in [0.25, 0.3) is 21.6 Å². The second kappa shape index (κ2) is 9.18. The van der Waals surface area contributed by atoms with Crippen molar-refractivity contribution < 1.29 is 22.9 Å². The molecule has 1 unspecified atom stereocenters. The minimum Gasteiger partial charge on any atom is -0.353 e. The minimum absolute atomic E-state index is 0.0466. The normalized spacial score (nSPS) is 18.4. The van der Waals surface area contributed by atoms with Crippen LogP contribution in [0.5, 0.6) is 0 Å². The molecule has 4 rings (SSSR count). The van der Waals surface area contributed by atoms with E-state index in [0.717, 1.165) is 18.9 Å². The standard InChI is InChI=1S/C22H24N4O6S/c27-21(23-16-10-11-16)15-5-4-12-25(14-15)22(28)19-8-1-2-9-20(19)24-33(31,32)18-7-3-6-17(13-18)26(29)30/h1-3,6-9,13,15-16,24H,4-5,10-12,14H2,(H,23,27). The summed E-state index contributed by atoms with van der Waals surface area (Å²) in [6, 6.07) is 11.1. The van der Waals surface area contributed by atoms with Crippen molar-refractivity contribution in [3.63, 3.8) is 0 Å². The Kier molecular flexibility index (Phi) is 6.32. The quantitative estimate of drug-likeness (QED) is 0.469. The number of anilines is 1. The number of amides is 2. The van der Waals surface area contributed by atoms with Crippen molar-refractivity contribution >= 4 is 33.2 Å². The van der Waals surface area contributed by atoms with Gasteiger partial charge in [0.1, 0.15) is 0 Å². The number of nitrogens with one attached hydrogen (secondary N) is 2. The largest absolute Gasteiger partial charge is 0.353 e. The lowest BCUT2D eigenvalue weighted by atomic mass is 9.96. The minimum atomic E-state index is -4.18. The molecule has 1 atom stereocenters. The van der Waals surface area contributed by atoms with Gasteiger partial charge in [0.2, 0.25) is 5.91 Å². The van der Waals surface area contributed by atoms with Crippen LogP contribution in [0.15, 0.2) is 53.4 Å². The van der Waals surface area contributed by atoms with Crippen molar-refractivity contribution in [2.24, 2.45) is 5.92 Å². The fourth-order valence-electron chi connectivity index (χ4n) is 3.82. The third-order valence-corrected chi connectivity index (χ3v) is 7.11. The molecule has 0 radical (unpaired) electrons. The van der Waals surface area contributed by atoms with Crippen LogP contribution in [0.1, 0.15) is 36.0 Å². The molecule has 2 fully saturated rings. The molecule has 1 saturated heterocycles. The van der Waals surface area contributed by atoms with E-state index in [9.17, 15) is 28.1 Å². The molecule has 1 aliphatic carbocycles. The van der Waals surface area contributed by atoms with Crippen LogP contribution in [0.3, 0.4) is 0 Å². The fourth-order valence-corrected chi connectivity index (χ4v) is 4.94. The lowest BCUT2D eigenvalue weighted by Gasteiger charge is -2.32.